The number of halogens is 1. The van der Waals surface area contributed by atoms with Gasteiger partial charge >= 0.3 is 0 Å². The minimum atomic E-state index is -0.337. The normalized spacial score (nSPS) is 19.8. The molecule has 1 amide bonds. The third-order valence-corrected chi connectivity index (χ3v) is 5.89. The Morgan fingerprint density at radius 1 is 1.20 bits per heavy atom. The maximum atomic E-state index is 12.7. The molecule has 2 saturated heterocycles. The maximum absolute atomic E-state index is 12.7. The largest absolute Gasteiger partial charge is 0.376 e. The van der Waals surface area contributed by atoms with Gasteiger partial charge in [-0.3, -0.25) is 14.5 Å². The third kappa shape index (κ3) is 4.83. The van der Waals surface area contributed by atoms with Crippen LogP contribution in [0.25, 0.3) is 5.69 Å². The molecule has 30 heavy (non-hydrogen) atoms. The van der Waals surface area contributed by atoms with E-state index in [0.717, 1.165) is 19.4 Å². The zero-order valence-corrected chi connectivity index (χ0v) is 17.6. The second-order valence-corrected chi connectivity index (χ2v) is 7.98. The lowest BCUT2D eigenvalue weighted by molar-refractivity contribution is -0.122. The summed E-state index contributed by atoms with van der Waals surface area (Å²) < 4.78 is 6.84. The van der Waals surface area contributed by atoms with Gasteiger partial charge < -0.3 is 15.0 Å². The zero-order chi connectivity index (χ0) is 20.9. The average Bonchev–Trinajstić information content (AvgIpc) is 3.29. The van der Waals surface area contributed by atoms with Crippen LogP contribution in [0.4, 0.5) is 5.69 Å². The number of benzene rings is 1. The molecule has 2 fully saturated rings. The molecule has 8 nitrogen and oxygen atoms in total. The first-order chi connectivity index (χ1) is 14.6. The van der Waals surface area contributed by atoms with Crippen molar-refractivity contribution in [3.8, 4) is 5.69 Å². The fraction of sp³-hybridized carbons (Fsp3) is 0.476. The molecule has 3 heterocycles. The van der Waals surface area contributed by atoms with Crippen LogP contribution in [0.2, 0.25) is 5.02 Å². The van der Waals surface area contributed by atoms with Crippen molar-refractivity contribution < 1.29 is 9.53 Å². The van der Waals surface area contributed by atoms with E-state index in [0.29, 0.717) is 50.6 Å². The fourth-order valence-electron chi connectivity index (χ4n) is 3.84. The number of hydrogen-bond acceptors (Lipinski definition) is 6. The first kappa shape index (κ1) is 20.8. The lowest BCUT2D eigenvalue weighted by Crippen LogP contribution is -2.50. The fourth-order valence-corrected chi connectivity index (χ4v) is 4.08. The van der Waals surface area contributed by atoms with Crippen molar-refractivity contribution in [3.05, 3.63) is 51.9 Å². The van der Waals surface area contributed by atoms with Gasteiger partial charge in [-0.2, -0.15) is 9.78 Å². The molecule has 2 aliphatic rings. The number of nitrogens with zero attached hydrogens (tertiary/aromatic N) is 4. The number of rotatable bonds is 6. The van der Waals surface area contributed by atoms with Gasteiger partial charge in [-0.25, -0.2) is 0 Å². The van der Waals surface area contributed by atoms with Gasteiger partial charge in [0.2, 0.25) is 5.91 Å². The van der Waals surface area contributed by atoms with Gasteiger partial charge in [0.15, 0.2) is 0 Å². The number of nitrogens with one attached hydrogen (secondary N) is 1. The summed E-state index contributed by atoms with van der Waals surface area (Å²) in [5.41, 5.74) is 0.974. The molecular formula is C21H26ClN5O3. The summed E-state index contributed by atoms with van der Waals surface area (Å²) in [6.45, 7) is 4.51. The van der Waals surface area contributed by atoms with E-state index >= 15 is 0 Å². The Morgan fingerprint density at radius 2 is 1.97 bits per heavy atom. The van der Waals surface area contributed by atoms with Crippen LogP contribution in [-0.4, -0.2) is 72.6 Å². The second-order valence-electron chi connectivity index (χ2n) is 7.60. The highest BCUT2D eigenvalue weighted by molar-refractivity contribution is 6.33. The van der Waals surface area contributed by atoms with Crippen molar-refractivity contribution in [3.63, 3.8) is 0 Å². The van der Waals surface area contributed by atoms with Crippen molar-refractivity contribution in [2.24, 2.45) is 0 Å². The summed E-state index contributed by atoms with van der Waals surface area (Å²) in [4.78, 5) is 29.0. The molecule has 0 bridgehead atoms. The summed E-state index contributed by atoms with van der Waals surface area (Å²) >= 11 is 6.40. The van der Waals surface area contributed by atoms with Crippen LogP contribution in [0.3, 0.4) is 0 Å². The molecule has 1 N–H and O–H groups in total. The smallest absolute Gasteiger partial charge is 0.292 e. The Labute approximate surface area is 180 Å². The number of piperazine rings is 1. The first-order valence-electron chi connectivity index (χ1n) is 10.3. The Morgan fingerprint density at radius 3 is 2.67 bits per heavy atom. The van der Waals surface area contributed by atoms with E-state index < -0.39 is 0 Å². The molecule has 0 radical (unpaired) electrons. The van der Waals surface area contributed by atoms with Crippen LogP contribution >= 0.6 is 11.6 Å². The number of aromatic nitrogens is 2. The van der Waals surface area contributed by atoms with Crippen molar-refractivity contribution in [1.29, 1.82) is 0 Å². The average molecular weight is 432 g/mol. The molecule has 2 aromatic rings. The SMILES string of the molecule is O=C(CN1CCN(c2cnn(-c3ccccc3)c(=O)c2Cl)CC1)NC[C@@H]1CCCO1. The van der Waals surface area contributed by atoms with Crippen LogP contribution in [0.1, 0.15) is 12.8 Å². The van der Waals surface area contributed by atoms with Crippen LogP contribution in [0, 0.1) is 0 Å². The van der Waals surface area contributed by atoms with E-state index in [1.165, 1.54) is 4.68 Å². The van der Waals surface area contributed by atoms with Gasteiger partial charge in [0.05, 0.1) is 30.2 Å². The molecule has 0 aliphatic carbocycles. The van der Waals surface area contributed by atoms with Crippen LogP contribution in [0.5, 0.6) is 0 Å². The Hall–Kier alpha value is -2.42. The summed E-state index contributed by atoms with van der Waals surface area (Å²) in [7, 11) is 0. The molecule has 0 spiro atoms. The monoisotopic (exact) mass is 431 g/mol. The summed E-state index contributed by atoms with van der Waals surface area (Å²) in [5, 5.41) is 7.42. The van der Waals surface area contributed by atoms with Crippen molar-refractivity contribution in [1.82, 2.24) is 20.0 Å². The van der Waals surface area contributed by atoms with Gasteiger partial charge in [0.25, 0.3) is 5.56 Å². The Balaban J connectivity index is 1.32. The number of ether oxygens (including phenoxy) is 1. The number of para-hydroxylation sites is 1. The lowest BCUT2D eigenvalue weighted by Gasteiger charge is -2.35. The predicted octanol–water partition coefficient (Wildman–Crippen LogP) is 1.30. The molecule has 1 atom stereocenters. The van der Waals surface area contributed by atoms with E-state index in [2.05, 4.69) is 15.3 Å². The van der Waals surface area contributed by atoms with E-state index in [1.807, 2.05) is 35.2 Å². The Kier molecular flexibility index (Phi) is 6.66. The molecular weight excluding hydrogens is 406 g/mol. The number of hydrogen-bond donors (Lipinski definition) is 1. The summed E-state index contributed by atoms with van der Waals surface area (Å²) in [6, 6.07) is 9.20. The molecule has 1 aromatic heterocycles. The molecule has 160 valence electrons. The third-order valence-electron chi connectivity index (χ3n) is 5.53. The first-order valence-corrected chi connectivity index (χ1v) is 10.7. The highest BCUT2D eigenvalue weighted by atomic mass is 35.5. The number of carbonyl (C=O) groups excluding carboxylic acids is 1. The standard InChI is InChI=1S/C21H26ClN5O3/c22-20-18(14-24-27(21(20)29)16-5-2-1-3-6-16)26-10-8-25(9-11-26)15-19(28)23-13-17-7-4-12-30-17/h1-3,5-6,14,17H,4,7-13,15H2,(H,23,28)/t17-/m0/s1. The quantitative estimate of drug-likeness (QED) is 0.742. The second kappa shape index (κ2) is 9.59. The minimum absolute atomic E-state index is 0.0177. The van der Waals surface area contributed by atoms with Crippen LogP contribution in [0.15, 0.2) is 41.3 Å². The van der Waals surface area contributed by atoms with Gasteiger partial charge in [-0.05, 0) is 25.0 Å². The minimum Gasteiger partial charge on any atom is -0.376 e. The van der Waals surface area contributed by atoms with Crippen molar-refractivity contribution in [2.45, 2.75) is 18.9 Å². The van der Waals surface area contributed by atoms with Crippen LogP contribution in [-0.2, 0) is 9.53 Å². The van der Waals surface area contributed by atoms with Gasteiger partial charge in [0, 0.05) is 39.3 Å². The molecule has 0 unspecified atom stereocenters. The van der Waals surface area contributed by atoms with E-state index in [1.54, 1.807) is 6.20 Å². The van der Waals surface area contributed by atoms with E-state index in [-0.39, 0.29) is 22.6 Å². The number of carbonyl (C=O) groups is 1. The molecule has 2 aliphatic heterocycles. The Bertz CT molecular complexity index is 922. The van der Waals surface area contributed by atoms with Crippen LogP contribution < -0.4 is 15.8 Å². The molecule has 1 aromatic carbocycles. The van der Waals surface area contributed by atoms with E-state index in [4.69, 9.17) is 16.3 Å². The topological polar surface area (TPSA) is 79.7 Å². The summed E-state index contributed by atoms with van der Waals surface area (Å²) in [6.07, 6.45) is 3.87. The van der Waals surface area contributed by atoms with E-state index in [9.17, 15) is 9.59 Å². The van der Waals surface area contributed by atoms with Crippen molar-refractivity contribution >= 4 is 23.2 Å². The van der Waals surface area contributed by atoms with Gasteiger partial charge in [0.1, 0.15) is 5.02 Å². The molecule has 0 saturated carbocycles. The van der Waals surface area contributed by atoms with Gasteiger partial charge in [-0.15, -0.1) is 0 Å². The molecule has 4 rings (SSSR count). The predicted molar refractivity (Wildman–Crippen MR) is 115 cm³/mol. The zero-order valence-electron chi connectivity index (χ0n) is 16.8. The molecule has 9 heteroatoms. The highest BCUT2D eigenvalue weighted by Crippen LogP contribution is 2.23. The maximum Gasteiger partial charge on any atom is 0.292 e. The van der Waals surface area contributed by atoms with Gasteiger partial charge in [-0.1, -0.05) is 29.8 Å². The summed E-state index contributed by atoms with van der Waals surface area (Å²) in [5.74, 6) is 0.0177. The number of amides is 1. The van der Waals surface area contributed by atoms with Crippen molar-refractivity contribution in [2.75, 3.05) is 50.8 Å². The lowest BCUT2D eigenvalue weighted by atomic mass is 10.2. The highest BCUT2D eigenvalue weighted by Gasteiger charge is 2.23. The number of anilines is 1.